The molecule has 1 saturated carbocycles. The van der Waals surface area contributed by atoms with Crippen LogP contribution in [0.1, 0.15) is 54.9 Å². The van der Waals surface area contributed by atoms with Gasteiger partial charge in [0.25, 0.3) is 0 Å². The van der Waals surface area contributed by atoms with Crippen molar-refractivity contribution < 1.29 is 14.3 Å². The van der Waals surface area contributed by atoms with E-state index in [0.717, 1.165) is 30.6 Å². The molecule has 0 bridgehead atoms. The first kappa shape index (κ1) is 18.2. The van der Waals surface area contributed by atoms with Gasteiger partial charge in [-0.2, -0.15) is 0 Å². The van der Waals surface area contributed by atoms with Crippen molar-refractivity contribution in [2.45, 2.75) is 44.6 Å². The van der Waals surface area contributed by atoms with Crippen LogP contribution >= 0.6 is 0 Å². The van der Waals surface area contributed by atoms with Crippen molar-refractivity contribution in [1.82, 2.24) is 5.32 Å². The van der Waals surface area contributed by atoms with Gasteiger partial charge in [0.1, 0.15) is 5.75 Å². The summed E-state index contributed by atoms with van der Waals surface area (Å²) >= 11 is 0. The predicted molar refractivity (Wildman–Crippen MR) is 101 cm³/mol. The summed E-state index contributed by atoms with van der Waals surface area (Å²) in [5, 5.41) is 3.17. The average Bonchev–Trinajstić information content (AvgIpc) is 2.64. The lowest BCUT2D eigenvalue weighted by Crippen LogP contribution is -2.50. The van der Waals surface area contributed by atoms with Gasteiger partial charge < -0.3 is 10.1 Å². The van der Waals surface area contributed by atoms with E-state index in [1.807, 2.05) is 25.1 Å². The number of carbonyl (C=O) groups excluding carboxylic acids is 2. The van der Waals surface area contributed by atoms with Crippen LogP contribution in [0.4, 0.5) is 0 Å². The van der Waals surface area contributed by atoms with Crippen LogP contribution < -0.4 is 10.1 Å². The Labute approximate surface area is 154 Å². The molecule has 1 fully saturated rings. The highest BCUT2D eigenvalue weighted by Gasteiger charge is 2.39. The molecular formula is C22H25NO3. The normalized spacial score (nSPS) is 15.0. The molecule has 2 aromatic rings. The second-order valence-electron chi connectivity index (χ2n) is 6.73. The topological polar surface area (TPSA) is 55.4 Å². The van der Waals surface area contributed by atoms with Crippen LogP contribution in [-0.2, 0) is 10.3 Å². The molecule has 2 aromatic carbocycles. The third-order valence-electron chi connectivity index (χ3n) is 4.98. The molecule has 0 aliphatic heterocycles. The zero-order chi connectivity index (χ0) is 18.4. The Morgan fingerprint density at radius 2 is 1.69 bits per heavy atom. The fraction of sp³-hybridized carbons (Fsp3) is 0.364. The first-order valence-electron chi connectivity index (χ1n) is 9.25. The van der Waals surface area contributed by atoms with E-state index >= 15 is 0 Å². The summed E-state index contributed by atoms with van der Waals surface area (Å²) in [6.07, 6.45) is 3.44. The number of ketones is 1. The molecule has 1 aliphatic carbocycles. The molecule has 0 radical (unpaired) electrons. The molecule has 0 saturated heterocycles. The number of nitrogens with one attached hydrogen (secondary N) is 1. The molecule has 0 unspecified atom stereocenters. The Bertz CT molecular complexity index is 749. The Morgan fingerprint density at radius 3 is 2.27 bits per heavy atom. The summed E-state index contributed by atoms with van der Waals surface area (Å²) in [6, 6.07) is 17.2. The van der Waals surface area contributed by atoms with Crippen molar-refractivity contribution >= 4 is 11.7 Å². The average molecular weight is 351 g/mol. The van der Waals surface area contributed by atoms with Crippen molar-refractivity contribution in [3.05, 3.63) is 65.7 Å². The van der Waals surface area contributed by atoms with Gasteiger partial charge in [-0.25, -0.2) is 0 Å². The van der Waals surface area contributed by atoms with Crippen LogP contribution in [0, 0.1) is 0 Å². The van der Waals surface area contributed by atoms with Crippen LogP contribution in [0.25, 0.3) is 0 Å². The summed E-state index contributed by atoms with van der Waals surface area (Å²) in [6.45, 7) is 2.51. The molecule has 26 heavy (non-hydrogen) atoms. The second kappa shape index (κ2) is 8.17. The van der Waals surface area contributed by atoms with Crippen molar-refractivity contribution in [1.29, 1.82) is 0 Å². The number of carbonyl (C=O) groups is 2. The molecule has 0 spiro atoms. The van der Waals surface area contributed by atoms with Crippen molar-refractivity contribution in [2.24, 2.45) is 0 Å². The molecule has 3 rings (SSSR count). The minimum absolute atomic E-state index is 0.0226. The summed E-state index contributed by atoms with van der Waals surface area (Å²) < 4.78 is 5.38. The van der Waals surface area contributed by atoms with E-state index in [1.54, 1.807) is 24.3 Å². The van der Waals surface area contributed by atoms with Gasteiger partial charge >= 0.3 is 0 Å². The Hall–Kier alpha value is -2.62. The Morgan fingerprint density at radius 1 is 1.00 bits per heavy atom. The third-order valence-corrected chi connectivity index (χ3v) is 4.98. The molecule has 1 N–H and O–H groups in total. The van der Waals surface area contributed by atoms with E-state index in [9.17, 15) is 9.59 Å². The van der Waals surface area contributed by atoms with Crippen molar-refractivity contribution in [2.75, 3.05) is 6.61 Å². The molecular weight excluding hydrogens is 326 g/mol. The van der Waals surface area contributed by atoms with E-state index in [4.69, 9.17) is 4.74 Å². The van der Waals surface area contributed by atoms with E-state index < -0.39 is 0 Å². The standard InChI is InChI=1S/C22H25NO3/c1-2-26-19-11-9-17(10-12-19)20(24)13-14-21(25)23-22(15-6-16-22)18-7-4-3-5-8-18/h3-5,7-12H,2,6,13-16H2,1H3,(H,23,25). The van der Waals surface area contributed by atoms with Crippen LogP contribution in [0.5, 0.6) is 5.75 Å². The summed E-state index contributed by atoms with van der Waals surface area (Å²) in [5.74, 6) is 0.662. The van der Waals surface area contributed by atoms with E-state index in [-0.39, 0.29) is 30.1 Å². The monoisotopic (exact) mass is 351 g/mol. The minimum atomic E-state index is -0.249. The highest BCUT2D eigenvalue weighted by molar-refractivity contribution is 5.98. The number of hydrogen-bond acceptors (Lipinski definition) is 3. The Balaban J connectivity index is 1.54. The SMILES string of the molecule is CCOc1ccc(C(=O)CCC(=O)NC2(c3ccccc3)CCC2)cc1. The number of benzene rings is 2. The van der Waals surface area contributed by atoms with Crippen molar-refractivity contribution in [3.63, 3.8) is 0 Å². The molecule has 0 heterocycles. The second-order valence-corrected chi connectivity index (χ2v) is 6.73. The molecule has 4 heteroatoms. The maximum absolute atomic E-state index is 12.4. The van der Waals surface area contributed by atoms with Gasteiger partial charge in [0.2, 0.25) is 5.91 Å². The lowest BCUT2D eigenvalue weighted by atomic mass is 9.71. The lowest BCUT2D eigenvalue weighted by molar-refractivity contribution is -0.124. The third kappa shape index (κ3) is 4.13. The predicted octanol–water partition coefficient (Wildman–Crippen LogP) is 4.24. The van der Waals surface area contributed by atoms with Gasteiger partial charge in [-0.3, -0.25) is 9.59 Å². The molecule has 0 atom stereocenters. The number of Topliss-reactive ketones (excluding diaryl/α,β-unsaturated/α-hetero) is 1. The van der Waals surface area contributed by atoms with Crippen LogP contribution in [0.3, 0.4) is 0 Å². The van der Waals surface area contributed by atoms with Gasteiger partial charge in [0, 0.05) is 18.4 Å². The van der Waals surface area contributed by atoms with Gasteiger partial charge in [-0.1, -0.05) is 30.3 Å². The highest BCUT2D eigenvalue weighted by atomic mass is 16.5. The molecule has 0 aromatic heterocycles. The van der Waals surface area contributed by atoms with Crippen LogP contribution in [0.2, 0.25) is 0 Å². The molecule has 1 aliphatic rings. The summed E-state index contributed by atoms with van der Waals surface area (Å²) in [5.41, 5.74) is 1.51. The fourth-order valence-electron chi connectivity index (χ4n) is 3.38. The maximum Gasteiger partial charge on any atom is 0.221 e. The molecule has 4 nitrogen and oxygen atoms in total. The summed E-state index contributed by atoms with van der Waals surface area (Å²) in [7, 11) is 0. The minimum Gasteiger partial charge on any atom is -0.494 e. The molecule has 1 amide bonds. The van der Waals surface area contributed by atoms with Gasteiger partial charge in [-0.05, 0) is 56.0 Å². The number of rotatable bonds is 8. The van der Waals surface area contributed by atoms with Crippen molar-refractivity contribution in [3.8, 4) is 5.75 Å². The van der Waals surface area contributed by atoms with E-state index in [2.05, 4.69) is 17.4 Å². The zero-order valence-electron chi connectivity index (χ0n) is 15.2. The quantitative estimate of drug-likeness (QED) is 0.724. The maximum atomic E-state index is 12.4. The zero-order valence-corrected chi connectivity index (χ0v) is 15.2. The van der Waals surface area contributed by atoms with E-state index in [0.29, 0.717) is 12.2 Å². The lowest BCUT2D eigenvalue weighted by Gasteiger charge is -2.43. The summed E-state index contributed by atoms with van der Waals surface area (Å²) in [4.78, 5) is 24.7. The highest BCUT2D eigenvalue weighted by Crippen LogP contribution is 2.41. The first-order chi connectivity index (χ1) is 12.6. The smallest absolute Gasteiger partial charge is 0.221 e. The number of ether oxygens (including phenoxy) is 1. The van der Waals surface area contributed by atoms with Crippen LogP contribution in [0.15, 0.2) is 54.6 Å². The molecule has 136 valence electrons. The largest absolute Gasteiger partial charge is 0.494 e. The first-order valence-corrected chi connectivity index (χ1v) is 9.25. The number of amides is 1. The van der Waals surface area contributed by atoms with Crippen LogP contribution in [-0.4, -0.2) is 18.3 Å². The van der Waals surface area contributed by atoms with Gasteiger partial charge in [0.05, 0.1) is 12.1 Å². The van der Waals surface area contributed by atoms with Gasteiger partial charge in [-0.15, -0.1) is 0 Å². The van der Waals surface area contributed by atoms with Gasteiger partial charge in [0.15, 0.2) is 5.78 Å². The number of hydrogen-bond donors (Lipinski definition) is 1. The van der Waals surface area contributed by atoms with E-state index in [1.165, 1.54) is 0 Å². The Kier molecular flexibility index (Phi) is 5.71. The fourth-order valence-corrected chi connectivity index (χ4v) is 3.38.